The monoisotopic (exact) mass is 219 g/mol. The molecule has 1 saturated carbocycles. The van der Waals surface area contributed by atoms with E-state index < -0.39 is 0 Å². The average molecular weight is 219 g/mol. The molecule has 86 valence electrons. The van der Waals surface area contributed by atoms with Crippen LogP contribution in [0.4, 0.5) is 0 Å². The first-order valence-electron chi connectivity index (χ1n) is 5.38. The number of nitrogens with two attached hydrogens (primary N) is 1. The first-order valence-corrected chi connectivity index (χ1v) is 5.38. The molecular weight excluding hydrogens is 202 g/mol. The molecule has 2 N–H and O–H groups in total. The first-order chi connectivity index (χ1) is 7.40. The van der Waals surface area contributed by atoms with Gasteiger partial charge in [0.2, 0.25) is 0 Å². The Morgan fingerprint density at radius 2 is 2.06 bits per heavy atom. The van der Waals surface area contributed by atoms with E-state index in [1.807, 2.05) is 18.2 Å². The van der Waals surface area contributed by atoms with Crippen LogP contribution in [0.2, 0.25) is 0 Å². The lowest BCUT2D eigenvalue weighted by Crippen LogP contribution is -2.25. The fraction of sp³-hybridized carbons (Fsp3) is 0.462. The Balaban J connectivity index is 2.35. The summed E-state index contributed by atoms with van der Waals surface area (Å²) in [4.78, 5) is 11.4. The Morgan fingerprint density at radius 3 is 2.56 bits per heavy atom. The Hall–Kier alpha value is -1.35. The maximum atomic E-state index is 11.4. The number of rotatable bonds is 2. The van der Waals surface area contributed by atoms with Gasteiger partial charge in [-0.15, -0.1) is 0 Å². The van der Waals surface area contributed by atoms with Gasteiger partial charge in [-0.1, -0.05) is 26.0 Å². The van der Waals surface area contributed by atoms with E-state index in [4.69, 9.17) is 10.5 Å². The fourth-order valence-corrected chi connectivity index (χ4v) is 2.19. The molecule has 1 fully saturated rings. The molecule has 0 heterocycles. The van der Waals surface area contributed by atoms with Crippen LogP contribution in [0.15, 0.2) is 24.3 Å². The van der Waals surface area contributed by atoms with E-state index in [-0.39, 0.29) is 16.9 Å². The van der Waals surface area contributed by atoms with Crippen molar-refractivity contribution in [1.82, 2.24) is 0 Å². The number of hydrogen-bond donors (Lipinski definition) is 1. The summed E-state index contributed by atoms with van der Waals surface area (Å²) in [7, 11) is 1.38. The normalized spacial score (nSPS) is 26.2. The summed E-state index contributed by atoms with van der Waals surface area (Å²) in [6, 6.07) is 7.40. The van der Waals surface area contributed by atoms with Crippen LogP contribution >= 0.6 is 0 Å². The number of hydrogen-bond acceptors (Lipinski definition) is 3. The summed E-state index contributed by atoms with van der Waals surface area (Å²) in [5.74, 6) is -0.316. The summed E-state index contributed by atoms with van der Waals surface area (Å²) in [5.41, 5.74) is 7.70. The molecule has 3 heteroatoms. The predicted molar refractivity (Wildman–Crippen MR) is 62.0 cm³/mol. The van der Waals surface area contributed by atoms with Crippen molar-refractivity contribution in [3.63, 3.8) is 0 Å². The molecule has 0 aliphatic heterocycles. The molecule has 0 saturated heterocycles. The molecule has 1 aromatic rings. The number of methoxy groups -OCH3 is 1. The van der Waals surface area contributed by atoms with Crippen molar-refractivity contribution in [2.45, 2.75) is 25.8 Å². The number of ether oxygens (including phenoxy) is 1. The highest BCUT2D eigenvalue weighted by Crippen LogP contribution is 2.60. The van der Waals surface area contributed by atoms with Crippen molar-refractivity contribution >= 4 is 5.97 Å². The summed E-state index contributed by atoms with van der Waals surface area (Å²) in [5, 5.41) is 0. The van der Waals surface area contributed by atoms with Crippen LogP contribution < -0.4 is 5.73 Å². The third-order valence-electron chi connectivity index (χ3n) is 3.60. The minimum Gasteiger partial charge on any atom is -0.465 e. The molecule has 1 aromatic carbocycles. The fourth-order valence-electron chi connectivity index (χ4n) is 2.19. The first kappa shape index (κ1) is 11.1. The molecule has 1 unspecified atom stereocenters. The Kier molecular flexibility index (Phi) is 2.31. The third kappa shape index (κ3) is 1.52. The highest BCUT2D eigenvalue weighted by Gasteiger charge is 2.59. The molecule has 1 atom stereocenters. The van der Waals surface area contributed by atoms with Crippen molar-refractivity contribution in [1.29, 1.82) is 0 Å². The number of carbonyl (C=O) groups is 1. The van der Waals surface area contributed by atoms with Gasteiger partial charge >= 0.3 is 5.97 Å². The largest absolute Gasteiger partial charge is 0.465 e. The van der Waals surface area contributed by atoms with Crippen LogP contribution in [0.1, 0.15) is 36.2 Å². The maximum absolute atomic E-state index is 11.4. The van der Waals surface area contributed by atoms with Gasteiger partial charge in [0.1, 0.15) is 0 Å². The zero-order valence-electron chi connectivity index (χ0n) is 9.91. The molecule has 0 bridgehead atoms. The van der Waals surface area contributed by atoms with Gasteiger partial charge in [0, 0.05) is 5.54 Å². The van der Waals surface area contributed by atoms with Crippen molar-refractivity contribution in [3.05, 3.63) is 35.4 Å². The Bertz CT molecular complexity index is 439. The average Bonchev–Trinajstić information content (AvgIpc) is 2.79. The maximum Gasteiger partial charge on any atom is 0.337 e. The molecule has 3 nitrogen and oxygen atoms in total. The van der Waals surface area contributed by atoms with Crippen molar-refractivity contribution in [3.8, 4) is 0 Å². The zero-order chi connectivity index (χ0) is 12.0. The molecular formula is C13H17NO2. The van der Waals surface area contributed by atoms with Gasteiger partial charge in [0.15, 0.2) is 0 Å². The topological polar surface area (TPSA) is 52.3 Å². The Labute approximate surface area is 95.6 Å². The molecule has 0 spiro atoms. The minimum atomic E-state index is -0.316. The second-order valence-electron chi connectivity index (χ2n) is 5.10. The van der Waals surface area contributed by atoms with Crippen LogP contribution in [0.3, 0.4) is 0 Å². The van der Waals surface area contributed by atoms with E-state index in [1.165, 1.54) is 7.11 Å². The third-order valence-corrected chi connectivity index (χ3v) is 3.60. The quantitative estimate of drug-likeness (QED) is 0.774. The zero-order valence-corrected chi connectivity index (χ0v) is 9.91. The van der Waals surface area contributed by atoms with Crippen LogP contribution in [-0.4, -0.2) is 13.1 Å². The van der Waals surface area contributed by atoms with Gasteiger partial charge in [-0.05, 0) is 29.5 Å². The van der Waals surface area contributed by atoms with E-state index in [1.54, 1.807) is 6.07 Å². The van der Waals surface area contributed by atoms with E-state index >= 15 is 0 Å². The van der Waals surface area contributed by atoms with Gasteiger partial charge < -0.3 is 10.5 Å². The minimum absolute atomic E-state index is 0.113. The van der Waals surface area contributed by atoms with Crippen molar-refractivity contribution < 1.29 is 9.53 Å². The molecule has 0 radical (unpaired) electrons. The Morgan fingerprint density at radius 1 is 1.44 bits per heavy atom. The molecule has 1 aliphatic rings. The lowest BCUT2D eigenvalue weighted by molar-refractivity contribution is 0.0600. The number of benzene rings is 1. The van der Waals surface area contributed by atoms with Gasteiger partial charge in [-0.25, -0.2) is 4.79 Å². The smallest absolute Gasteiger partial charge is 0.337 e. The van der Waals surface area contributed by atoms with E-state index in [2.05, 4.69) is 13.8 Å². The number of esters is 1. The van der Waals surface area contributed by atoms with Crippen molar-refractivity contribution in [2.75, 3.05) is 7.11 Å². The van der Waals surface area contributed by atoms with Crippen LogP contribution in [-0.2, 0) is 10.3 Å². The molecule has 0 amide bonds. The highest BCUT2D eigenvalue weighted by molar-refractivity contribution is 5.89. The van der Waals surface area contributed by atoms with Gasteiger partial charge in [-0.3, -0.25) is 0 Å². The van der Waals surface area contributed by atoms with Crippen molar-refractivity contribution in [2.24, 2.45) is 11.1 Å². The van der Waals surface area contributed by atoms with E-state index in [0.29, 0.717) is 5.56 Å². The molecule has 1 aliphatic carbocycles. The van der Waals surface area contributed by atoms with Gasteiger partial charge in [-0.2, -0.15) is 0 Å². The number of carbonyl (C=O) groups excluding carboxylic acids is 1. The van der Waals surface area contributed by atoms with E-state index in [0.717, 1.165) is 12.0 Å². The molecule has 16 heavy (non-hydrogen) atoms. The van der Waals surface area contributed by atoms with Crippen LogP contribution in [0.25, 0.3) is 0 Å². The van der Waals surface area contributed by atoms with Gasteiger partial charge in [0.25, 0.3) is 0 Å². The second kappa shape index (κ2) is 3.32. The summed E-state index contributed by atoms with van der Waals surface area (Å²) in [6.07, 6.45) is 0.949. The van der Waals surface area contributed by atoms with E-state index in [9.17, 15) is 4.79 Å². The van der Waals surface area contributed by atoms with Gasteiger partial charge in [0.05, 0.1) is 12.7 Å². The summed E-state index contributed by atoms with van der Waals surface area (Å²) >= 11 is 0. The summed E-state index contributed by atoms with van der Waals surface area (Å²) < 4.78 is 4.70. The van der Waals surface area contributed by atoms with Crippen LogP contribution in [0, 0.1) is 5.41 Å². The lowest BCUT2D eigenvalue weighted by atomic mass is 9.95. The predicted octanol–water partition coefficient (Wildman–Crippen LogP) is 2.06. The second-order valence-corrected chi connectivity index (χ2v) is 5.10. The molecule has 2 rings (SSSR count). The highest BCUT2D eigenvalue weighted by atomic mass is 16.5. The van der Waals surface area contributed by atoms with Crippen LogP contribution in [0.5, 0.6) is 0 Å². The summed E-state index contributed by atoms with van der Waals surface area (Å²) in [6.45, 7) is 4.27. The SMILES string of the molecule is COC(=O)c1cccc(C2(N)CC2(C)C)c1. The standard InChI is InChI=1S/C13H17NO2/c1-12(2)8-13(12,14)10-6-4-5-9(7-10)11(15)16-3/h4-7H,8,14H2,1-3H3. The lowest BCUT2D eigenvalue weighted by Gasteiger charge is -2.16. The molecule has 0 aromatic heterocycles.